The lowest BCUT2D eigenvalue weighted by Gasteiger charge is -2.06. The number of aryl methyl sites for hydroxylation is 1. The van der Waals surface area contributed by atoms with E-state index in [1.807, 2.05) is 18.4 Å². The lowest BCUT2D eigenvalue weighted by molar-refractivity contribution is 0.699. The van der Waals surface area contributed by atoms with E-state index in [1.165, 1.54) is 16.0 Å². The molecular formula is C14H18N2S. The van der Waals surface area contributed by atoms with Crippen LogP contribution in [0.15, 0.2) is 35.7 Å². The minimum absolute atomic E-state index is 0.910. The maximum atomic E-state index is 3.48. The summed E-state index contributed by atoms with van der Waals surface area (Å²) in [5.74, 6) is 0. The third kappa shape index (κ3) is 3.32. The smallest absolute Gasteiger partial charge is 0.0340 e. The number of hydrogen-bond acceptors (Lipinski definition) is 3. The van der Waals surface area contributed by atoms with Crippen LogP contribution in [0, 0.1) is 6.92 Å². The topological polar surface area (TPSA) is 24.1 Å². The molecule has 0 saturated carbocycles. The van der Waals surface area contributed by atoms with Crippen LogP contribution in [0.25, 0.3) is 0 Å². The van der Waals surface area contributed by atoms with E-state index < -0.39 is 0 Å². The van der Waals surface area contributed by atoms with Crippen LogP contribution in [0.3, 0.4) is 0 Å². The molecule has 0 fully saturated rings. The fourth-order valence-corrected chi connectivity index (χ4v) is 2.62. The second-order valence-corrected chi connectivity index (χ2v) is 5.08. The Morgan fingerprint density at radius 1 is 1.18 bits per heavy atom. The summed E-state index contributed by atoms with van der Waals surface area (Å²) in [6.45, 7) is 4.02. The van der Waals surface area contributed by atoms with Gasteiger partial charge in [-0.25, -0.2) is 0 Å². The van der Waals surface area contributed by atoms with Gasteiger partial charge in [0.25, 0.3) is 0 Å². The van der Waals surface area contributed by atoms with Gasteiger partial charge in [-0.05, 0) is 41.6 Å². The maximum Gasteiger partial charge on any atom is 0.0340 e. The minimum atomic E-state index is 0.910. The number of anilines is 1. The van der Waals surface area contributed by atoms with Crippen LogP contribution < -0.4 is 10.6 Å². The van der Waals surface area contributed by atoms with Crippen LogP contribution >= 0.6 is 11.3 Å². The van der Waals surface area contributed by atoms with Crippen LogP contribution in [0.1, 0.15) is 16.0 Å². The Bertz CT molecular complexity index is 477. The van der Waals surface area contributed by atoms with E-state index in [0.29, 0.717) is 0 Å². The number of thiophene rings is 1. The Hall–Kier alpha value is -1.32. The van der Waals surface area contributed by atoms with Gasteiger partial charge >= 0.3 is 0 Å². The lowest BCUT2D eigenvalue weighted by Crippen LogP contribution is -2.12. The summed E-state index contributed by atoms with van der Waals surface area (Å²) in [7, 11) is 1.95. The molecule has 2 rings (SSSR count). The first-order valence-electron chi connectivity index (χ1n) is 5.80. The van der Waals surface area contributed by atoms with Crippen LogP contribution in [-0.2, 0) is 13.1 Å². The van der Waals surface area contributed by atoms with Crippen LogP contribution in [0.2, 0.25) is 0 Å². The second kappa shape index (κ2) is 5.84. The zero-order chi connectivity index (χ0) is 12.1. The van der Waals surface area contributed by atoms with Crippen molar-refractivity contribution in [3.63, 3.8) is 0 Å². The minimum Gasteiger partial charge on any atom is -0.388 e. The van der Waals surface area contributed by atoms with Crippen molar-refractivity contribution in [3.05, 3.63) is 51.7 Å². The molecule has 0 radical (unpaired) electrons. The van der Waals surface area contributed by atoms with Gasteiger partial charge in [-0.15, -0.1) is 11.3 Å². The molecule has 1 aromatic carbocycles. The van der Waals surface area contributed by atoms with E-state index in [-0.39, 0.29) is 0 Å². The Balaban J connectivity index is 1.87. The van der Waals surface area contributed by atoms with E-state index in [4.69, 9.17) is 0 Å². The average Bonchev–Trinajstić information content (AvgIpc) is 2.76. The molecule has 2 N–H and O–H groups in total. The molecule has 2 aromatic rings. The molecule has 0 bridgehead atoms. The van der Waals surface area contributed by atoms with E-state index in [0.717, 1.165) is 18.8 Å². The number of rotatable bonds is 5. The summed E-state index contributed by atoms with van der Waals surface area (Å²) in [6, 6.07) is 10.7. The number of nitrogens with one attached hydrogen (secondary N) is 2. The molecule has 1 aromatic heterocycles. The van der Waals surface area contributed by atoms with Crippen molar-refractivity contribution in [3.8, 4) is 0 Å². The first kappa shape index (κ1) is 12.1. The lowest BCUT2D eigenvalue weighted by atomic mass is 10.2. The van der Waals surface area contributed by atoms with E-state index in [9.17, 15) is 0 Å². The predicted octanol–water partition coefficient (Wildman–Crippen LogP) is 3.39. The van der Waals surface area contributed by atoms with Crippen LogP contribution in [0.4, 0.5) is 5.69 Å². The summed E-state index contributed by atoms with van der Waals surface area (Å²) < 4.78 is 0. The van der Waals surface area contributed by atoms with Crippen LogP contribution in [-0.4, -0.2) is 7.05 Å². The summed E-state index contributed by atoms with van der Waals surface area (Å²) in [5.41, 5.74) is 3.86. The predicted molar refractivity (Wildman–Crippen MR) is 75.6 cm³/mol. The number of benzene rings is 1. The summed E-state index contributed by atoms with van der Waals surface area (Å²) in [6.07, 6.45) is 0. The highest BCUT2D eigenvalue weighted by molar-refractivity contribution is 7.10. The molecule has 0 spiro atoms. The van der Waals surface area contributed by atoms with Gasteiger partial charge in [-0.1, -0.05) is 12.1 Å². The van der Waals surface area contributed by atoms with Crippen molar-refractivity contribution in [2.24, 2.45) is 0 Å². The summed E-state index contributed by atoms with van der Waals surface area (Å²) >= 11 is 1.82. The normalized spacial score (nSPS) is 10.5. The van der Waals surface area contributed by atoms with Gasteiger partial charge < -0.3 is 10.6 Å². The van der Waals surface area contributed by atoms with Gasteiger partial charge in [0.05, 0.1) is 0 Å². The van der Waals surface area contributed by atoms with Gasteiger partial charge in [0, 0.05) is 30.7 Å². The first-order chi connectivity index (χ1) is 8.29. The molecule has 3 heteroatoms. The average molecular weight is 246 g/mol. The zero-order valence-corrected chi connectivity index (χ0v) is 11.1. The van der Waals surface area contributed by atoms with E-state index in [2.05, 4.69) is 53.3 Å². The molecule has 0 saturated heterocycles. The van der Waals surface area contributed by atoms with Crippen molar-refractivity contribution in [1.29, 1.82) is 0 Å². The summed E-state index contributed by atoms with van der Waals surface area (Å²) in [5, 5.41) is 8.78. The SMILES string of the molecule is CNc1cccc(CNCc2sccc2C)c1. The van der Waals surface area contributed by atoms with Gasteiger partial charge in [0.15, 0.2) is 0 Å². The molecule has 90 valence electrons. The fraction of sp³-hybridized carbons (Fsp3) is 0.286. The molecule has 0 aliphatic rings. The molecule has 0 aliphatic heterocycles. The molecular weight excluding hydrogens is 228 g/mol. The van der Waals surface area contributed by atoms with Gasteiger partial charge in [-0.2, -0.15) is 0 Å². The van der Waals surface area contributed by atoms with Gasteiger partial charge in [0.2, 0.25) is 0 Å². The Kier molecular flexibility index (Phi) is 4.18. The van der Waals surface area contributed by atoms with Crippen molar-refractivity contribution >= 4 is 17.0 Å². The zero-order valence-electron chi connectivity index (χ0n) is 10.3. The van der Waals surface area contributed by atoms with Gasteiger partial charge in [-0.3, -0.25) is 0 Å². The highest BCUT2D eigenvalue weighted by Crippen LogP contribution is 2.15. The Morgan fingerprint density at radius 2 is 2.06 bits per heavy atom. The third-order valence-electron chi connectivity index (χ3n) is 2.80. The highest BCUT2D eigenvalue weighted by atomic mass is 32.1. The Labute approximate surface area is 107 Å². The van der Waals surface area contributed by atoms with Crippen molar-refractivity contribution in [1.82, 2.24) is 5.32 Å². The van der Waals surface area contributed by atoms with E-state index >= 15 is 0 Å². The third-order valence-corrected chi connectivity index (χ3v) is 3.82. The standard InChI is InChI=1S/C14H18N2S/c1-11-6-7-17-14(11)10-16-9-12-4-3-5-13(8-12)15-2/h3-8,15-16H,9-10H2,1-2H3. The van der Waals surface area contributed by atoms with Crippen LogP contribution in [0.5, 0.6) is 0 Å². The summed E-state index contributed by atoms with van der Waals surface area (Å²) in [4.78, 5) is 1.43. The van der Waals surface area contributed by atoms with Gasteiger partial charge in [0.1, 0.15) is 0 Å². The Morgan fingerprint density at radius 3 is 2.76 bits per heavy atom. The number of hydrogen-bond donors (Lipinski definition) is 2. The largest absolute Gasteiger partial charge is 0.388 e. The van der Waals surface area contributed by atoms with Crippen molar-refractivity contribution in [2.45, 2.75) is 20.0 Å². The molecule has 1 heterocycles. The molecule has 2 nitrogen and oxygen atoms in total. The van der Waals surface area contributed by atoms with E-state index in [1.54, 1.807) is 0 Å². The fourth-order valence-electron chi connectivity index (χ4n) is 1.74. The molecule has 0 atom stereocenters. The highest BCUT2D eigenvalue weighted by Gasteiger charge is 1.99. The van der Waals surface area contributed by atoms with Crippen molar-refractivity contribution in [2.75, 3.05) is 12.4 Å². The van der Waals surface area contributed by atoms with Crippen molar-refractivity contribution < 1.29 is 0 Å². The second-order valence-electron chi connectivity index (χ2n) is 4.08. The first-order valence-corrected chi connectivity index (χ1v) is 6.68. The molecule has 17 heavy (non-hydrogen) atoms. The maximum absolute atomic E-state index is 3.48. The molecule has 0 amide bonds. The molecule has 0 unspecified atom stereocenters. The molecule has 0 aliphatic carbocycles. The quantitative estimate of drug-likeness (QED) is 0.845. The monoisotopic (exact) mass is 246 g/mol.